The minimum absolute atomic E-state index is 0.0193. The molecule has 4 nitrogen and oxygen atoms in total. The van der Waals surface area contributed by atoms with E-state index in [1.807, 2.05) is 0 Å². The van der Waals surface area contributed by atoms with Crippen molar-refractivity contribution in [2.75, 3.05) is 0 Å². The van der Waals surface area contributed by atoms with Gasteiger partial charge in [-0.25, -0.2) is 5.43 Å². The van der Waals surface area contributed by atoms with Crippen molar-refractivity contribution < 1.29 is 9.90 Å². The van der Waals surface area contributed by atoms with Crippen molar-refractivity contribution in [3.05, 3.63) is 29.8 Å². The smallest absolute Gasteiger partial charge is 0.243 e. The average Bonchev–Trinajstić information content (AvgIpc) is 2.85. The Morgan fingerprint density at radius 1 is 1.35 bits per heavy atom. The molecule has 0 saturated heterocycles. The third kappa shape index (κ3) is 3.06. The van der Waals surface area contributed by atoms with Crippen LogP contribution in [0.3, 0.4) is 0 Å². The number of aromatic hydroxyl groups is 1. The number of carbonyl (C=O) groups is 1. The van der Waals surface area contributed by atoms with E-state index in [0.29, 0.717) is 5.56 Å². The number of nitrogens with zero attached hydrogens (tertiary/aromatic N) is 1. The van der Waals surface area contributed by atoms with E-state index in [-0.39, 0.29) is 17.6 Å². The van der Waals surface area contributed by atoms with Gasteiger partial charge in [0.25, 0.3) is 0 Å². The van der Waals surface area contributed by atoms with Gasteiger partial charge in [0.15, 0.2) is 0 Å². The van der Waals surface area contributed by atoms with Gasteiger partial charge >= 0.3 is 0 Å². The lowest BCUT2D eigenvalue weighted by Crippen LogP contribution is -2.24. The van der Waals surface area contributed by atoms with Crippen LogP contribution in [0.15, 0.2) is 29.4 Å². The number of benzene rings is 1. The Morgan fingerprint density at radius 3 is 2.76 bits per heavy atom. The highest BCUT2D eigenvalue weighted by molar-refractivity contribution is 5.85. The van der Waals surface area contributed by atoms with Crippen molar-refractivity contribution in [2.45, 2.75) is 25.7 Å². The number of hydrogen-bond donors (Lipinski definition) is 2. The van der Waals surface area contributed by atoms with E-state index in [1.54, 1.807) is 24.3 Å². The van der Waals surface area contributed by atoms with Crippen molar-refractivity contribution in [1.82, 2.24) is 5.43 Å². The summed E-state index contributed by atoms with van der Waals surface area (Å²) in [6.07, 6.45) is 5.63. The second-order valence-corrected chi connectivity index (χ2v) is 4.27. The Balaban J connectivity index is 1.89. The number of para-hydroxylation sites is 1. The van der Waals surface area contributed by atoms with Gasteiger partial charge in [0.1, 0.15) is 5.75 Å². The molecular formula is C13H16N2O2. The number of rotatable bonds is 3. The summed E-state index contributed by atoms with van der Waals surface area (Å²) in [5.74, 6) is 0.247. The molecule has 0 unspecified atom stereocenters. The van der Waals surface area contributed by atoms with Crippen molar-refractivity contribution in [3.8, 4) is 5.75 Å². The molecule has 2 rings (SSSR count). The second-order valence-electron chi connectivity index (χ2n) is 4.27. The number of nitrogens with one attached hydrogen (secondary N) is 1. The molecule has 17 heavy (non-hydrogen) atoms. The van der Waals surface area contributed by atoms with Gasteiger partial charge in [0.2, 0.25) is 5.91 Å². The summed E-state index contributed by atoms with van der Waals surface area (Å²) in [4.78, 5) is 11.6. The fraction of sp³-hybridized carbons (Fsp3) is 0.385. The topological polar surface area (TPSA) is 61.7 Å². The predicted octanol–water partition coefficient (Wildman–Crippen LogP) is 2.03. The van der Waals surface area contributed by atoms with Crippen molar-refractivity contribution in [2.24, 2.45) is 11.0 Å². The zero-order valence-electron chi connectivity index (χ0n) is 9.60. The highest BCUT2D eigenvalue weighted by Crippen LogP contribution is 2.24. The standard InChI is InChI=1S/C13H16N2O2/c16-12-8-4-3-7-11(12)9-14-15-13(17)10-5-1-2-6-10/h3-4,7-10,16H,1-2,5-6H2,(H,15,17)/b14-9+. The van der Waals surface area contributed by atoms with E-state index in [0.717, 1.165) is 25.7 Å². The first-order valence-electron chi connectivity index (χ1n) is 5.88. The summed E-state index contributed by atoms with van der Waals surface area (Å²) >= 11 is 0. The molecule has 0 spiro atoms. The predicted molar refractivity (Wildman–Crippen MR) is 65.8 cm³/mol. The fourth-order valence-electron chi connectivity index (χ4n) is 2.04. The molecule has 0 aliphatic heterocycles. The highest BCUT2D eigenvalue weighted by atomic mass is 16.3. The van der Waals surface area contributed by atoms with Crippen LogP contribution in [0, 0.1) is 5.92 Å². The normalized spacial score (nSPS) is 16.5. The third-order valence-corrected chi connectivity index (χ3v) is 3.04. The molecule has 1 saturated carbocycles. The molecule has 1 aromatic carbocycles. The number of carbonyl (C=O) groups excluding carboxylic acids is 1. The maximum atomic E-state index is 11.6. The lowest BCUT2D eigenvalue weighted by Gasteiger charge is -2.05. The number of hydrogen-bond acceptors (Lipinski definition) is 3. The Bertz CT molecular complexity index is 423. The summed E-state index contributed by atoms with van der Waals surface area (Å²) < 4.78 is 0. The van der Waals surface area contributed by atoms with Crippen LogP contribution >= 0.6 is 0 Å². The largest absolute Gasteiger partial charge is 0.507 e. The fourth-order valence-corrected chi connectivity index (χ4v) is 2.04. The first kappa shape index (κ1) is 11.6. The van der Waals surface area contributed by atoms with E-state index in [1.165, 1.54) is 6.21 Å². The Labute approximate surface area is 100 Å². The Hall–Kier alpha value is -1.84. The Kier molecular flexibility index (Phi) is 3.75. The molecule has 0 bridgehead atoms. The van der Waals surface area contributed by atoms with Gasteiger partial charge in [-0.2, -0.15) is 5.10 Å². The minimum atomic E-state index is -0.0193. The molecular weight excluding hydrogens is 216 g/mol. The molecule has 0 aromatic heterocycles. The lowest BCUT2D eigenvalue weighted by atomic mass is 10.1. The third-order valence-electron chi connectivity index (χ3n) is 3.04. The monoisotopic (exact) mass is 232 g/mol. The first-order valence-corrected chi connectivity index (χ1v) is 5.88. The highest BCUT2D eigenvalue weighted by Gasteiger charge is 2.21. The van der Waals surface area contributed by atoms with Crippen LogP contribution in [0.25, 0.3) is 0 Å². The number of phenols is 1. The summed E-state index contributed by atoms with van der Waals surface area (Å²) in [5.41, 5.74) is 3.12. The second kappa shape index (κ2) is 5.48. The van der Waals surface area contributed by atoms with E-state index in [9.17, 15) is 9.90 Å². The van der Waals surface area contributed by atoms with Gasteiger partial charge in [0.05, 0.1) is 6.21 Å². The molecule has 0 heterocycles. The zero-order chi connectivity index (χ0) is 12.1. The van der Waals surface area contributed by atoms with E-state index in [4.69, 9.17) is 0 Å². The number of hydrazone groups is 1. The summed E-state index contributed by atoms with van der Waals surface area (Å²) in [7, 11) is 0. The van der Waals surface area contributed by atoms with Gasteiger partial charge in [-0.1, -0.05) is 25.0 Å². The van der Waals surface area contributed by atoms with Gasteiger partial charge < -0.3 is 5.11 Å². The first-order chi connectivity index (χ1) is 8.27. The maximum absolute atomic E-state index is 11.6. The van der Waals surface area contributed by atoms with Crippen LogP contribution in [0.1, 0.15) is 31.2 Å². The molecule has 1 aliphatic rings. The molecule has 2 N–H and O–H groups in total. The van der Waals surface area contributed by atoms with E-state index in [2.05, 4.69) is 10.5 Å². The summed E-state index contributed by atoms with van der Waals surface area (Å²) in [5, 5.41) is 13.3. The summed E-state index contributed by atoms with van der Waals surface area (Å²) in [6, 6.07) is 6.87. The van der Waals surface area contributed by atoms with Crippen molar-refractivity contribution >= 4 is 12.1 Å². The molecule has 0 radical (unpaired) electrons. The SMILES string of the molecule is O=C(N/N=C/c1ccccc1O)C1CCCC1. The van der Waals surface area contributed by atoms with Crippen LogP contribution in [0.4, 0.5) is 0 Å². The van der Waals surface area contributed by atoms with Crippen molar-refractivity contribution in [3.63, 3.8) is 0 Å². The Morgan fingerprint density at radius 2 is 2.06 bits per heavy atom. The van der Waals surface area contributed by atoms with Crippen LogP contribution < -0.4 is 5.43 Å². The quantitative estimate of drug-likeness (QED) is 0.618. The minimum Gasteiger partial charge on any atom is -0.507 e. The molecule has 1 aromatic rings. The van der Waals surface area contributed by atoms with E-state index >= 15 is 0 Å². The van der Waals surface area contributed by atoms with E-state index < -0.39 is 0 Å². The van der Waals surface area contributed by atoms with Crippen LogP contribution in [0.2, 0.25) is 0 Å². The molecule has 90 valence electrons. The molecule has 1 fully saturated rings. The number of amides is 1. The molecule has 4 heteroatoms. The van der Waals surface area contributed by atoms with Crippen molar-refractivity contribution in [1.29, 1.82) is 0 Å². The molecule has 0 atom stereocenters. The van der Waals surface area contributed by atoms with Crippen LogP contribution in [-0.4, -0.2) is 17.2 Å². The molecule has 1 aliphatic carbocycles. The van der Waals surface area contributed by atoms with Crippen LogP contribution in [0.5, 0.6) is 5.75 Å². The van der Waals surface area contributed by atoms with Gasteiger partial charge in [0, 0.05) is 11.5 Å². The van der Waals surface area contributed by atoms with Crippen LogP contribution in [-0.2, 0) is 4.79 Å². The van der Waals surface area contributed by atoms with Gasteiger partial charge in [-0.05, 0) is 25.0 Å². The zero-order valence-corrected chi connectivity index (χ0v) is 9.60. The maximum Gasteiger partial charge on any atom is 0.243 e. The molecule has 1 amide bonds. The number of phenolic OH excluding ortho intramolecular Hbond substituents is 1. The lowest BCUT2D eigenvalue weighted by molar-refractivity contribution is -0.124. The summed E-state index contributed by atoms with van der Waals surface area (Å²) in [6.45, 7) is 0. The van der Waals surface area contributed by atoms with Gasteiger partial charge in [-0.15, -0.1) is 0 Å². The van der Waals surface area contributed by atoms with Gasteiger partial charge in [-0.3, -0.25) is 4.79 Å². The average molecular weight is 232 g/mol.